The maximum Gasteiger partial charge on any atom is 0.185 e. The van der Waals surface area contributed by atoms with Gasteiger partial charge in [0.15, 0.2) is 5.13 Å². The minimum atomic E-state index is 0.731. The molecule has 1 aliphatic rings. The van der Waals surface area contributed by atoms with Crippen LogP contribution in [0.5, 0.6) is 0 Å². The summed E-state index contributed by atoms with van der Waals surface area (Å²) in [6, 6.07) is 0. The summed E-state index contributed by atoms with van der Waals surface area (Å²) in [4.78, 5) is 7.10. The second kappa shape index (κ2) is 5.89. The smallest absolute Gasteiger partial charge is 0.185 e. The third-order valence-electron chi connectivity index (χ3n) is 2.61. The van der Waals surface area contributed by atoms with Crippen LogP contribution in [0.1, 0.15) is 19.5 Å². The van der Waals surface area contributed by atoms with E-state index in [1.54, 1.807) is 11.3 Å². The van der Waals surface area contributed by atoms with Crippen LogP contribution in [0.15, 0.2) is 5.38 Å². The zero-order chi connectivity index (χ0) is 11.4. The number of nitrogens with zero attached hydrogens (tertiary/aromatic N) is 2. The fraction of sp³-hybridized carbons (Fsp3) is 0.727. The highest BCUT2D eigenvalue weighted by Crippen LogP contribution is 2.26. The number of nitrogens with one attached hydrogen (secondary N) is 1. The first-order valence-corrected chi connectivity index (χ1v) is 7.74. The van der Waals surface area contributed by atoms with Gasteiger partial charge in [-0.25, -0.2) is 4.98 Å². The minimum absolute atomic E-state index is 0.731. The summed E-state index contributed by atoms with van der Waals surface area (Å²) in [5.41, 5.74) is 1.17. The van der Waals surface area contributed by atoms with Crippen molar-refractivity contribution in [1.29, 1.82) is 0 Å². The van der Waals surface area contributed by atoms with Crippen molar-refractivity contribution < 1.29 is 0 Å². The van der Waals surface area contributed by atoms with E-state index in [0.717, 1.165) is 31.4 Å². The van der Waals surface area contributed by atoms with Crippen LogP contribution >= 0.6 is 23.1 Å². The molecule has 1 saturated heterocycles. The van der Waals surface area contributed by atoms with Gasteiger partial charge >= 0.3 is 0 Å². The predicted octanol–water partition coefficient (Wildman–Crippen LogP) is 2.19. The van der Waals surface area contributed by atoms with Crippen LogP contribution in [0.2, 0.25) is 0 Å². The highest BCUT2D eigenvalue weighted by Gasteiger charge is 2.19. The summed E-state index contributed by atoms with van der Waals surface area (Å²) in [5, 5.41) is 7.41. The van der Waals surface area contributed by atoms with Crippen molar-refractivity contribution >= 4 is 28.2 Å². The SMILES string of the molecule is CCNCc1csc(N2CCSC(C)C2)n1. The minimum Gasteiger partial charge on any atom is -0.346 e. The Hall–Kier alpha value is -0.260. The lowest BCUT2D eigenvalue weighted by Gasteiger charge is -2.30. The molecule has 0 amide bonds. The second-order valence-corrected chi connectivity index (χ2v) is 6.41. The number of thiazole rings is 1. The number of aromatic nitrogens is 1. The molecule has 3 nitrogen and oxygen atoms in total. The van der Waals surface area contributed by atoms with E-state index < -0.39 is 0 Å². The first-order chi connectivity index (χ1) is 7.79. The van der Waals surface area contributed by atoms with Gasteiger partial charge in [-0.15, -0.1) is 11.3 Å². The van der Waals surface area contributed by atoms with Crippen molar-refractivity contribution in [1.82, 2.24) is 10.3 Å². The third kappa shape index (κ3) is 3.12. The summed E-state index contributed by atoms with van der Waals surface area (Å²) in [6.45, 7) is 8.60. The molecule has 0 saturated carbocycles. The van der Waals surface area contributed by atoms with Crippen molar-refractivity contribution in [2.24, 2.45) is 0 Å². The largest absolute Gasteiger partial charge is 0.346 e. The molecule has 2 rings (SSSR count). The summed E-state index contributed by atoms with van der Waals surface area (Å²) in [6.07, 6.45) is 0. The number of anilines is 1. The molecule has 0 aliphatic carbocycles. The molecule has 0 aromatic carbocycles. The van der Waals surface area contributed by atoms with Crippen LogP contribution in [0.3, 0.4) is 0 Å². The zero-order valence-corrected chi connectivity index (χ0v) is 11.5. The molecule has 0 bridgehead atoms. The second-order valence-electron chi connectivity index (χ2n) is 4.03. The average molecular weight is 257 g/mol. The first kappa shape index (κ1) is 12.2. The zero-order valence-electron chi connectivity index (χ0n) is 9.90. The third-order valence-corrected chi connectivity index (χ3v) is 4.69. The van der Waals surface area contributed by atoms with Crippen molar-refractivity contribution in [3.63, 3.8) is 0 Å². The highest BCUT2D eigenvalue weighted by atomic mass is 32.2. The van der Waals surface area contributed by atoms with E-state index in [0.29, 0.717) is 0 Å². The Morgan fingerprint density at radius 2 is 2.50 bits per heavy atom. The molecular formula is C11H19N3S2. The van der Waals surface area contributed by atoms with E-state index in [1.807, 2.05) is 0 Å². The average Bonchev–Trinajstić information content (AvgIpc) is 2.75. The van der Waals surface area contributed by atoms with Crippen molar-refractivity contribution in [3.8, 4) is 0 Å². The molecule has 1 aromatic heterocycles. The summed E-state index contributed by atoms with van der Waals surface area (Å²) in [7, 11) is 0. The molecular weight excluding hydrogens is 238 g/mol. The van der Waals surface area contributed by atoms with Gasteiger partial charge in [0.2, 0.25) is 0 Å². The number of hydrogen-bond donors (Lipinski definition) is 1. The molecule has 0 radical (unpaired) electrons. The molecule has 1 unspecified atom stereocenters. The lowest BCUT2D eigenvalue weighted by atomic mass is 10.4. The number of hydrogen-bond acceptors (Lipinski definition) is 5. The normalized spacial score (nSPS) is 21.4. The highest BCUT2D eigenvalue weighted by molar-refractivity contribution is 8.00. The molecule has 1 aliphatic heterocycles. The Kier molecular flexibility index (Phi) is 4.49. The van der Waals surface area contributed by atoms with E-state index in [-0.39, 0.29) is 0 Å². The van der Waals surface area contributed by atoms with E-state index in [1.165, 1.54) is 16.6 Å². The van der Waals surface area contributed by atoms with Gasteiger partial charge in [0.05, 0.1) is 5.69 Å². The van der Waals surface area contributed by atoms with E-state index in [9.17, 15) is 0 Å². The molecule has 1 atom stereocenters. The van der Waals surface area contributed by atoms with Crippen molar-refractivity contribution in [3.05, 3.63) is 11.1 Å². The Labute approximate surface area is 106 Å². The van der Waals surface area contributed by atoms with Crippen LogP contribution in [0.4, 0.5) is 5.13 Å². The molecule has 1 fully saturated rings. The molecule has 1 N–H and O–H groups in total. The van der Waals surface area contributed by atoms with Crippen LogP contribution < -0.4 is 10.2 Å². The summed E-state index contributed by atoms with van der Waals surface area (Å²) in [5.74, 6) is 1.23. The fourth-order valence-corrected chi connectivity index (χ4v) is 3.64. The van der Waals surface area contributed by atoms with Gasteiger partial charge in [0, 0.05) is 36.0 Å². The topological polar surface area (TPSA) is 28.2 Å². The van der Waals surface area contributed by atoms with Crippen molar-refractivity contribution in [2.45, 2.75) is 25.6 Å². The van der Waals surface area contributed by atoms with Gasteiger partial charge < -0.3 is 10.2 Å². The first-order valence-electron chi connectivity index (χ1n) is 5.81. The van der Waals surface area contributed by atoms with Crippen LogP contribution in [0, 0.1) is 0 Å². The van der Waals surface area contributed by atoms with Gasteiger partial charge in [-0.3, -0.25) is 0 Å². The number of thioether (sulfide) groups is 1. The maximum absolute atomic E-state index is 4.68. The Morgan fingerprint density at radius 1 is 1.62 bits per heavy atom. The lowest BCUT2D eigenvalue weighted by molar-refractivity contribution is 0.710. The van der Waals surface area contributed by atoms with Crippen molar-refractivity contribution in [2.75, 3.05) is 30.3 Å². The van der Waals surface area contributed by atoms with Gasteiger partial charge in [-0.1, -0.05) is 13.8 Å². The van der Waals surface area contributed by atoms with E-state index in [2.05, 4.69) is 46.2 Å². The maximum atomic E-state index is 4.68. The molecule has 5 heteroatoms. The Bertz CT molecular complexity index is 327. The molecule has 1 aromatic rings. The molecule has 90 valence electrons. The van der Waals surface area contributed by atoms with Gasteiger partial charge in [-0.05, 0) is 6.54 Å². The van der Waals surface area contributed by atoms with Crippen LogP contribution in [0.25, 0.3) is 0 Å². The quantitative estimate of drug-likeness (QED) is 0.895. The molecule has 16 heavy (non-hydrogen) atoms. The van der Waals surface area contributed by atoms with Crippen LogP contribution in [-0.2, 0) is 6.54 Å². The predicted molar refractivity (Wildman–Crippen MR) is 73.6 cm³/mol. The Balaban J connectivity index is 1.95. The van der Waals surface area contributed by atoms with E-state index in [4.69, 9.17) is 0 Å². The standard InChI is InChI=1S/C11H19N3S2/c1-3-12-6-10-8-16-11(13-10)14-4-5-15-9(2)7-14/h8-9,12H,3-7H2,1-2H3. The molecule has 2 heterocycles. The monoisotopic (exact) mass is 257 g/mol. The fourth-order valence-electron chi connectivity index (χ4n) is 1.77. The van der Waals surface area contributed by atoms with Gasteiger partial charge in [0.1, 0.15) is 0 Å². The summed E-state index contributed by atoms with van der Waals surface area (Å²) >= 11 is 3.83. The molecule has 0 spiro atoms. The summed E-state index contributed by atoms with van der Waals surface area (Å²) < 4.78 is 0. The van der Waals surface area contributed by atoms with Gasteiger partial charge in [0.25, 0.3) is 0 Å². The lowest BCUT2D eigenvalue weighted by Crippen LogP contribution is -2.36. The van der Waals surface area contributed by atoms with E-state index >= 15 is 0 Å². The van der Waals surface area contributed by atoms with Crippen LogP contribution in [-0.4, -0.2) is 35.6 Å². The number of rotatable bonds is 4. The Morgan fingerprint density at radius 3 is 3.25 bits per heavy atom. The van der Waals surface area contributed by atoms with Gasteiger partial charge in [-0.2, -0.15) is 11.8 Å².